The van der Waals surface area contributed by atoms with Crippen LogP contribution in [-0.2, 0) is 6.42 Å². The molecule has 0 aromatic heterocycles. The molecule has 0 heterocycles. The van der Waals surface area contributed by atoms with Crippen molar-refractivity contribution in [3.63, 3.8) is 0 Å². The van der Waals surface area contributed by atoms with E-state index in [1.54, 1.807) is 0 Å². The lowest BCUT2D eigenvalue weighted by atomic mass is 9.91. The Morgan fingerprint density at radius 3 is 1.15 bits per heavy atom. The molecule has 0 heteroatoms. The highest BCUT2D eigenvalue weighted by molar-refractivity contribution is 6.26. The third-order valence-corrected chi connectivity index (χ3v) is 5.66. The second-order valence-corrected chi connectivity index (χ2v) is 8.39. The van der Waals surface area contributed by atoms with Crippen molar-refractivity contribution in [3.05, 3.63) is 96.1 Å². The Morgan fingerprint density at radius 2 is 0.718 bits per heavy atom. The lowest BCUT2D eigenvalue weighted by Crippen LogP contribution is -1.86. The highest BCUT2D eigenvalue weighted by atomic mass is 14.2. The Bertz CT molecular complexity index is 1340. The van der Waals surface area contributed by atoms with Crippen LogP contribution in [0.4, 0.5) is 0 Å². The summed E-state index contributed by atoms with van der Waals surface area (Å²) in [5.41, 5.74) is 5.70. The normalized spacial score (nSPS) is 9.64. The SMILES string of the molecule is CC.CC.CC.CC.CCC.CCC.c1ccc2c(c1)Cc1cc3c4ccccc4c4ccccc4c3cc1-2. The van der Waals surface area contributed by atoms with Crippen molar-refractivity contribution in [1.82, 2.24) is 0 Å². The number of hydrogen-bond donors (Lipinski definition) is 0. The Balaban J connectivity index is 0.000000898. The summed E-state index contributed by atoms with van der Waals surface area (Å²) in [6, 6.07) is 31.3. The van der Waals surface area contributed by atoms with Crippen LogP contribution < -0.4 is 0 Å². The molecule has 212 valence electrons. The van der Waals surface area contributed by atoms with E-state index >= 15 is 0 Å². The molecule has 0 atom stereocenters. The zero-order valence-electron chi connectivity index (χ0n) is 27.2. The fraction of sp³-hybridized carbons (Fsp3) is 0.385. The van der Waals surface area contributed by atoms with E-state index in [1.807, 2.05) is 55.4 Å². The minimum atomic E-state index is 1.04. The van der Waals surface area contributed by atoms with Gasteiger partial charge in [-0.3, -0.25) is 0 Å². The number of fused-ring (bicyclic) bond motifs is 9. The first-order valence-corrected chi connectivity index (χ1v) is 15.7. The van der Waals surface area contributed by atoms with Gasteiger partial charge < -0.3 is 0 Å². The molecule has 1 aliphatic carbocycles. The maximum Gasteiger partial charge on any atom is -0.00132 e. The molecule has 0 nitrogen and oxygen atoms in total. The van der Waals surface area contributed by atoms with Crippen LogP contribution in [0.5, 0.6) is 0 Å². The first-order valence-electron chi connectivity index (χ1n) is 15.7. The number of rotatable bonds is 0. The van der Waals surface area contributed by atoms with Gasteiger partial charge in [-0.15, -0.1) is 0 Å². The van der Waals surface area contributed by atoms with Crippen molar-refractivity contribution in [3.8, 4) is 11.1 Å². The van der Waals surface area contributed by atoms with Gasteiger partial charge in [0.2, 0.25) is 0 Å². The second kappa shape index (κ2) is 20.8. The van der Waals surface area contributed by atoms with Crippen molar-refractivity contribution in [2.24, 2.45) is 0 Å². The van der Waals surface area contributed by atoms with E-state index < -0.39 is 0 Å². The van der Waals surface area contributed by atoms with Crippen molar-refractivity contribution in [2.45, 2.75) is 102 Å². The van der Waals surface area contributed by atoms with E-state index in [9.17, 15) is 0 Å². The molecule has 39 heavy (non-hydrogen) atoms. The molecule has 5 aromatic carbocycles. The van der Waals surface area contributed by atoms with E-state index in [0.29, 0.717) is 0 Å². The molecule has 0 saturated carbocycles. The lowest BCUT2D eigenvalue weighted by Gasteiger charge is -2.12. The fourth-order valence-corrected chi connectivity index (χ4v) is 4.54. The smallest absolute Gasteiger partial charge is 0.00132 e. The van der Waals surface area contributed by atoms with Gasteiger partial charge in [-0.25, -0.2) is 0 Å². The van der Waals surface area contributed by atoms with Crippen LogP contribution in [0, 0.1) is 0 Å². The zero-order chi connectivity index (χ0) is 29.8. The number of hydrogen-bond acceptors (Lipinski definition) is 0. The second-order valence-electron chi connectivity index (χ2n) is 8.39. The summed E-state index contributed by atoms with van der Waals surface area (Å²) < 4.78 is 0. The first-order chi connectivity index (χ1) is 19.2. The standard InChI is InChI=1S/C25H16.2C3H8.4C2H6/c1-2-8-18-16(7-1)13-17-14-24-21-11-5-3-9-19(21)20-10-4-6-12-22(20)25(24)15-23(17)18;2*1-3-2;4*1-2/h1-12,14-15H,13H2;2*3H2,1-2H3;4*1-2H3. The third kappa shape index (κ3) is 8.69. The lowest BCUT2D eigenvalue weighted by molar-refractivity contribution is 1.09. The van der Waals surface area contributed by atoms with Crippen molar-refractivity contribution in [2.75, 3.05) is 0 Å². The summed E-state index contributed by atoms with van der Waals surface area (Å²) in [6.45, 7) is 24.5. The summed E-state index contributed by atoms with van der Waals surface area (Å²) in [7, 11) is 0. The minimum absolute atomic E-state index is 1.04. The molecule has 0 unspecified atom stereocenters. The van der Waals surface area contributed by atoms with Crippen LogP contribution >= 0.6 is 0 Å². The zero-order valence-corrected chi connectivity index (χ0v) is 27.2. The Kier molecular flexibility index (Phi) is 19.1. The molecule has 0 aliphatic heterocycles. The summed E-state index contributed by atoms with van der Waals surface area (Å²) >= 11 is 0. The van der Waals surface area contributed by atoms with Crippen LogP contribution in [0.3, 0.4) is 0 Å². The largest absolute Gasteiger partial charge is 0.0683 e. The van der Waals surface area contributed by atoms with Crippen LogP contribution in [0.15, 0.2) is 84.9 Å². The third-order valence-electron chi connectivity index (χ3n) is 5.66. The molecular weight excluding hydrogens is 468 g/mol. The molecular formula is C39H56. The predicted molar refractivity (Wildman–Crippen MR) is 185 cm³/mol. The Labute approximate surface area is 241 Å². The molecule has 0 saturated heterocycles. The highest BCUT2D eigenvalue weighted by Crippen LogP contribution is 2.42. The van der Waals surface area contributed by atoms with Gasteiger partial charge in [-0.2, -0.15) is 0 Å². The van der Waals surface area contributed by atoms with Crippen molar-refractivity contribution < 1.29 is 0 Å². The van der Waals surface area contributed by atoms with E-state index in [2.05, 4.69) is 113 Å². The maximum absolute atomic E-state index is 2.43. The summed E-state index contributed by atoms with van der Waals surface area (Å²) in [6.07, 6.45) is 3.54. The van der Waals surface area contributed by atoms with Crippen LogP contribution in [-0.4, -0.2) is 0 Å². The molecule has 0 radical (unpaired) electrons. The van der Waals surface area contributed by atoms with Gasteiger partial charge in [-0.05, 0) is 73.1 Å². The first kappa shape index (κ1) is 35.9. The molecule has 0 N–H and O–H groups in total. The van der Waals surface area contributed by atoms with Gasteiger partial charge >= 0.3 is 0 Å². The fourth-order valence-electron chi connectivity index (χ4n) is 4.54. The van der Waals surface area contributed by atoms with Crippen molar-refractivity contribution >= 4 is 32.3 Å². The predicted octanol–water partition coefficient (Wildman–Crippen LogP) is 13.7. The molecule has 1 aliphatic rings. The van der Waals surface area contributed by atoms with Gasteiger partial charge in [0.15, 0.2) is 0 Å². The van der Waals surface area contributed by atoms with Crippen LogP contribution in [0.25, 0.3) is 43.4 Å². The quantitative estimate of drug-likeness (QED) is 0.173. The minimum Gasteiger partial charge on any atom is -0.0683 e. The Hall–Kier alpha value is -3.12. The van der Waals surface area contributed by atoms with E-state index in [4.69, 9.17) is 0 Å². The summed E-state index contributed by atoms with van der Waals surface area (Å²) in [5.74, 6) is 0. The highest BCUT2D eigenvalue weighted by Gasteiger charge is 2.20. The number of benzene rings is 5. The average Bonchev–Trinajstić information content (AvgIpc) is 3.39. The Morgan fingerprint density at radius 1 is 0.385 bits per heavy atom. The van der Waals surface area contributed by atoms with Gasteiger partial charge in [0, 0.05) is 0 Å². The molecule has 5 aromatic rings. The van der Waals surface area contributed by atoms with Gasteiger partial charge in [-0.1, -0.05) is 169 Å². The molecule has 0 bridgehead atoms. The molecule has 0 spiro atoms. The molecule has 0 amide bonds. The van der Waals surface area contributed by atoms with Crippen molar-refractivity contribution in [1.29, 1.82) is 0 Å². The van der Waals surface area contributed by atoms with E-state index in [1.165, 1.54) is 67.4 Å². The van der Waals surface area contributed by atoms with E-state index in [0.717, 1.165) is 6.42 Å². The van der Waals surface area contributed by atoms with Gasteiger partial charge in [0.1, 0.15) is 0 Å². The van der Waals surface area contributed by atoms with Crippen LogP contribution in [0.1, 0.15) is 107 Å². The van der Waals surface area contributed by atoms with Gasteiger partial charge in [0.25, 0.3) is 0 Å². The topological polar surface area (TPSA) is 0 Å². The summed E-state index contributed by atoms with van der Waals surface area (Å²) in [5, 5.41) is 8.14. The summed E-state index contributed by atoms with van der Waals surface area (Å²) in [4.78, 5) is 0. The maximum atomic E-state index is 2.43. The van der Waals surface area contributed by atoms with Gasteiger partial charge in [0.05, 0.1) is 0 Å². The monoisotopic (exact) mass is 524 g/mol. The average molecular weight is 525 g/mol. The molecule has 0 fully saturated rings. The van der Waals surface area contributed by atoms with E-state index in [-0.39, 0.29) is 0 Å². The molecule has 6 rings (SSSR count). The van der Waals surface area contributed by atoms with Crippen LogP contribution in [0.2, 0.25) is 0 Å².